The molecule has 2 heterocycles. The molecule has 6 rings (SSSR count). The van der Waals surface area contributed by atoms with E-state index < -0.39 is 5.54 Å². The number of hydrogen-bond donors (Lipinski definition) is 0. The van der Waals surface area contributed by atoms with Crippen molar-refractivity contribution in [2.75, 3.05) is 4.90 Å². The molecule has 4 heteroatoms. The van der Waals surface area contributed by atoms with Gasteiger partial charge in [0.05, 0.1) is 5.71 Å². The fourth-order valence-corrected chi connectivity index (χ4v) is 4.83. The first-order chi connectivity index (χ1) is 16.9. The molecule has 0 atom stereocenters. The van der Waals surface area contributed by atoms with E-state index in [-0.39, 0.29) is 0 Å². The fraction of sp³-hybridized carbons (Fsp3) is 0.0333. The minimum atomic E-state index is -0.721. The molecule has 34 heavy (non-hydrogen) atoms. The summed E-state index contributed by atoms with van der Waals surface area (Å²) in [7, 11) is 0. The molecule has 0 fully saturated rings. The lowest BCUT2D eigenvalue weighted by molar-refractivity contribution is 0.692. The lowest BCUT2D eigenvalue weighted by Gasteiger charge is -2.42. The monoisotopic (exact) mass is 438 g/mol. The zero-order chi connectivity index (χ0) is 22.8. The number of nitrogens with zero attached hydrogens (tertiary/aromatic N) is 4. The first kappa shape index (κ1) is 20.1. The minimum Gasteiger partial charge on any atom is -0.303 e. The SMILES string of the molecule is C1=NC(=C2N=C(c3ccccc3)C(c3ccccc3)(c3ccccc3)N2c2ccccc2)N=C1. The first-order valence-electron chi connectivity index (χ1n) is 11.3. The maximum Gasteiger partial charge on any atom is 0.196 e. The van der Waals surface area contributed by atoms with Crippen LogP contribution in [0.4, 0.5) is 5.69 Å². The summed E-state index contributed by atoms with van der Waals surface area (Å²) in [5.74, 6) is 1.33. The van der Waals surface area contributed by atoms with Gasteiger partial charge in [0.2, 0.25) is 0 Å². The van der Waals surface area contributed by atoms with Crippen molar-refractivity contribution in [1.82, 2.24) is 0 Å². The molecule has 0 bridgehead atoms. The van der Waals surface area contributed by atoms with E-state index in [1.54, 1.807) is 12.4 Å². The summed E-state index contributed by atoms with van der Waals surface area (Å²) in [6.07, 6.45) is 3.43. The predicted octanol–water partition coefficient (Wildman–Crippen LogP) is 6.22. The van der Waals surface area contributed by atoms with Gasteiger partial charge in [-0.25, -0.2) is 15.0 Å². The summed E-state index contributed by atoms with van der Waals surface area (Å²) in [5.41, 5.74) is 4.53. The van der Waals surface area contributed by atoms with Crippen LogP contribution in [0.15, 0.2) is 148 Å². The van der Waals surface area contributed by atoms with Gasteiger partial charge in [-0.05, 0) is 28.8 Å². The Bertz CT molecular complexity index is 1370. The highest BCUT2D eigenvalue weighted by Crippen LogP contribution is 2.49. The first-order valence-corrected chi connectivity index (χ1v) is 11.3. The predicted molar refractivity (Wildman–Crippen MR) is 140 cm³/mol. The smallest absolute Gasteiger partial charge is 0.196 e. The van der Waals surface area contributed by atoms with Crippen LogP contribution in [0.1, 0.15) is 16.7 Å². The highest BCUT2D eigenvalue weighted by Gasteiger charge is 2.52. The van der Waals surface area contributed by atoms with Crippen LogP contribution < -0.4 is 4.90 Å². The van der Waals surface area contributed by atoms with Gasteiger partial charge in [0, 0.05) is 18.1 Å². The van der Waals surface area contributed by atoms with Gasteiger partial charge in [-0.1, -0.05) is 109 Å². The molecule has 4 aromatic rings. The van der Waals surface area contributed by atoms with Crippen LogP contribution >= 0.6 is 0 Å². The van der Waals surface area contributed by atoms with E-state index in [1.807, 2.05) is 24.3 Å². The number of rotatable bonds is 4. The molecule has 0 saturated heterocycles. The second kappa shape index (κ2) is 8.41. The summed E-state index contributed by atoms with van der Waals surface area (Å²) in [4.78, 5) is 16.7. The molecule has 2 aliphatic heterocycles. The van der Waals surface area contributed by atoms with Gasteiger partial charge in [-0.3, -0.25) is 0 Å². The largest absolute Gasteiger partial charge is 0.303 e. The third-order valence-electron chi connectivity index (χ3n) is 6.21. The Hall–Kier alpha value is -4.57. The lowest BCUT2D eigenvalue weighted by Crippen LogP contribution is -2.49. The second-order valence-corrected chi connectivity index (χ2v) is 8.14. The summed E-state index contributed by atoms with van der Waals surface area (Å²) in [6.45, 7) is 0. The van der Waals surface area contributed by atoms with Crippen molar-refractivity contribution in [3.05, 3.63) is 150 Å². The Labute approximate surface area is 199 Å². The molecule has 0 N–H and O–H groups in total. The molecule has 0 radical (unpaired) electrons. The van der Waals surface area contributed by atoms with E-state index in [2.05, 4.69) is 112 Å². The van der Waals surface area contributed by atoms with Crippen molar-refractivity contribution in [2.45, 2.75) is 5.54 Å². The lowest BCUT2D eigenvalue weighted by atomic mass is 9.75. The van der Waals surface area contributed by atoms with Crippen molar-refractivity contribution < 1.29 is 0 Å². The van der Waals surface area contributed by atoms with E-state index >= 15 is 0 Å². The maximum atomic E-state index is 5.30. The quantitative estimate of drug-likeness (QED) is 0.373. The third-order valence-corrected chi connectivity index (χ3v) is 6.21. The van der Waals surface area contributed by atoms with Crippen molar-refractivity contribution in [2.24, 2.45) is 15.0 Å². The highest BCUT2D eigenvalue weighted by atomic mass is 15.4. The second-order valence-electron chi connectivity index (χ2n) is 8.14. The highest BCUT2D eigenvalue weighted by molar-refractivity contribution is 6.19. The Morgan fingerprint density at radius 1 is 0.529 bits per heavy atom. The van der Waals surface area contributed by atoms with Crippen LogP contribution in [-0.2, 0) is 5.54 Å². The molecule has 0 amide bonds. The van der Waals surface area contributed by atoms with Crippen LogP contribution in [0.5, 0.6) is 0 Å². The number of hydrogen-bond acceptors (Lipinski definition) is 4. The van der Waals surface area contributed by atoms with E-state index in [9.17, 15) is 0 Å². The topological polar surface area (TPSA) is 40.3 Å². The van der Waals surface area contributed by atoms with Gasteiger partial charge < -0.3 is 4.90 Å². The zero-order valence-corrected chi connectivity index (χ0v) is 18.5. The van der Waals surface area contributed by atoms with Gasteiger partial charge >= 0.3 is 0 Å². The maximum absolute atomic E-state index is 5.30. The van der Waals surface area contributed by atoms with Gasteiger partial charge in [-0.15, -0.1) is 0 Å². The van der Waals surface area contributed by atoms with E-state index in [1.165, 1.54) is 0 Å². The van der Waals surface area contributed by atoms with E-state index in [0.29, 0.717) is 5.82 Å². The van der Waals surface area contributed by atoms with Gasteiger partial charge in [0.25, 0.3) is 0 Å². The van der Waals surface area contributed by atoms with Crippen molar-refractivity contribution in [3.8, 4) is 0 Å². The van der Waals surface area contributed by atoms with Gasteiger partial charge in [-0.2, -0.15) is 0 Å². The van der Waals surface area contributed by atoms with Crippen molar-refractivity contribution in [1.29, 1.82) is 0 Å². The van der Waals surface area contributed by atoms with Crippen molar-refractivity contribution in [3.63, 3.8) is 0 Å². The molecular formula is C30H22N4. The Morgan fingerprint density at radius 2 is 1.00 bits per heavy atom. The van der Waals surface area contributed by atoms with Crippen molar-refractivity contribution >= 4 is 23.8 Å². The summed E-state index contributed by atoms with van der Waals surface area (Å²) in [6, 6.07) is 41.9. The molecule has 4 nitrogen and oxygen atoms in total. The average Bonchev–Trinajstić information content (AvgIpc) is 3.58. The summed E-state index contributed by atoms with van der Waals surface area (Å²) in [5, 5.41) is 0. The standard InChI is InChI=1S/C30H22N4/c1-5-13-23(14-6-1)27-30(24-15-7-2-8-16-24,25-17-9-3-10-18-25)34(26-19-11-4-12-20-26)29(33-27)28-31-21-22-32-28/h1-22H. The number of para-hydroxylation sites is 1. The molecule has 4 aromatic carbocycles. The molecule has 0 saturated carbocycles. The van der Waals surface area contributed by atoms with E-state index in [0.717, 1.165) is 33.9 Å². The average molecular weight is 439 g/mol. The molecule has 0 aliphatic carbocycles. The number of aliphatic imine (C=N–C) groups is 3. The molecule has 0 spiro atoms. The van der Waals surface area contributed by atoms with Crippen LogP contribution in [0.25, 0.3) is 0 Å². The Kier molecular flexibility index (Phi) is 4.96. The summed E-state index contributed by atoms with van der Waals surface area (Å²) < 4.78 is 0. The normalized spacial score (nSPS) is 16.2. The number of benzene rings is 4. The molecule has 0 unspecified atom stereocenters. The molecular weight excluding hydrogens is 416 g/mol. The molecule has 2 aliphatic rings. The fourth-order valence-electron chi connectivity index (χ4n) is 4.83. The Balaban J connectivity index is 1.77. The van der Waals surface area contributed by atoms with Gasteiger partial charge in [0.15, 0.2) is 11.6 Å². The third kappa shape index (κ3) is 3.11. The minimum absolute atomic E-state index is 0.603. The van der Waals surface area contributed by atoms with Crippen LogP contribution in [-0.4, -0.2) is 18.1 Å². The zero-order valence-electron chi connectivity index (χ0n) is 18.5. The van der Waals surface area contributed by atoms with Crippen LogP contribution in [0, 0.1) is 0 Å². The number of anilines is 1. The van der Waals surface area contributed by atoms with Crippen LogP contribution in [0.3, 0.4) is 0 Å². The molecule has 0 aromatic heterocycles. The Morgan fingerprint density at radius 3 is 1.53 bits per heavy atom. The molecule has 162 valence electrons. The van der Waals surface area contributed by atoms with Gasteiger partial charge in [0.1, 0.15) is 5.54 Å². The van der Waals surface area contributed by atoms with E-state index in [4.69, 9.17) is 4.99 Å². The summed E-state index contributed by atoms with van der Waals surface area (Å²) >= 11 is 0. The van der Waals surface area contributed by atoms with Crippen LogP contribution in [0.2, 0.25) is 0 Å².